The van der Waals surface area contributed by atoms with E-state index in [0.29, 0.717) is 12.1 Å². The molecule has 24 heavy (non-hydrogen) atoms. The summed E-state index contributed by atoms with van der Waals surface area (Å²) in [6.45, 7) is 1.94. The van der Waals surface area contributed by atoms with E-state index in [0.717, 1.165) is 35.1 Å². The maximum atomic E-state index is 12.3. The number of aryl methyl sites for hydroxylation is 4. The second-order valence-corrected chi connectivity index (χ2v) is 6.49. The lowest BCUT2D eigenvalue weighted by Gasteiger charge is -2.07. The predicted octanol–water partition coefficient (Wildman–Crippen LogP) is 2.95. The highest BCUT2D eigenvalue weighted by Gasteiger charge is 2.13. The molecule has 0 saturated heterocycles. The fourth-order valence-corrected chi connectivity index (χ4v) is 3.50. The van der Waals surface area contributed by atoms with Gasteiger partial charge in [-0.05, 0) is 48.9 Å². The first-order chi connectivity index (χ1) is 11.6. The Bertz CT molecular complexity index is 942. The molecule has 1 aliphatic carbocycles. The molecule has 4 rings (SSSR count). The molecule has 1 aromatic carbocycles. The summed E-state index contributed by atoms with van der Waals surface area (Å²) in [5.74, 6) is -0.0179. The largest absolute Gasteiger partial charge is 0.324 e. The van der Waals surface area contributed by atoms with Gasteiger partial charge in [0, 0.05) is 12.4 Å². The summed E-state index contributed by atoms with van der Waals surface area (Å²) >= 11 is 0. The van der Waals surface area contributed by atoms with Crippen molar-refractivity contribution in [3.8, 4) is 0 Å². The van der Waals surface area contributed by atoms with Crippen LogP contribution in [-0.2, 0) is 31.1 Å². The van der Waals surface area contributed by atoms with Crippen molar-refractivity contribution in [2.24, 2.45) is 7.05 Å². The van der Waals surface area contributed by atoms with Gasteiger partial charge in [-0.25, -0.2) is 4.98 Å². The van der Waals surface area contributed by atoms with E-state index in [-0.39, 0.29) is 5.91 Å². The quantitative estimate of drug-likeness (QED) is 0.807. The van der Waals surface area contributed by atoms with Crippen molar-refractivity contribution in [3.05, 3.63) is 52.8 Å². The van der Waals surface area contributed by atoms with E-state index in [1.807, 2.05) is 20.0 Å². The van der Waals surface area contributed by atoms with E-state index in [4.69, 9.17) is 0 Å². The van der Waals surface area contributed by atoms with Gasteiger partial charge in [0.2, 0.25) is 5.91 Å². The van der Waals surface area contributed by atoms with Crippen molar-refractivity contribution in [2.75, 3.05) is 5.32 Å². The number of nitrogens with one attached hydrogen (secondary N) is 1. The second-order valence-electron chi connectivity index (χ2n) is 6.49. The molecule has 0 atom stereocenters. The van der Waals surface area contributed by atoms with Crippen LogP contribution in [0.3, 0.4) is 0 Å². The van der Waals surface area contributed by atoms with Crippen molar-refractivity contribution in [2.45, 2.75) is 32.6 Å². The number of anilines is 1. The number of rotatable bonds is 3. The first kappa shape index (κ1) is 14.9. The number of aromatic nitrogens is 3. The van der Waals surface area contributed by atoms with Crippen LogP contribution in [0.1, 0.15) is 28.8 Å². The maximum Gasteiger partial charge on any atom is 0.228 e. The number of pyridine rings is 1. The Morgan fingerprint density at radius 3 is 2.96 bits per heavy atom. The van der Waals surface area contributed by atoms with Gasteiger partial charge in [0.05, 0.1) is 24.0 Å². The Hall–Kier alpha value is -2.69. The highest BCUT2D eigenvalue weighted by atomic mass is 16.1. The van der Waals surface area contributed by atoms with Crippen molar-refractivity contribution in [3.63, 3.8) is 0 Å². The summed E-state index contributed by atoms with van der Waals surface area (Å²) in [6.07, 6.45) is 5.59. The Morgan fingerprint density at radius 2 is 2.08 bits per heavy atom. The third kappa shape index (κ3) is 2.66. The van der Waals surface area contributed by atoms with Crippen molar-refractivity contribution >= 4 is 22.6 Å². The van der Waals surface area contributed by atoms with Crippen molar-refractivity contribution in [1.82, 2.24) is 14.8 Å². The van der Waals surface area contributed by atoms with E-state index >= 15 is 0 Å². The second kappa shape index (κ2) is 5.74. The number of carbonyl (C=O) groups excluding carboxylic acids is 1. The topological polar surface area (TPSA) is 59.8 Å². The number of hydrogen-bond acceptors (Lipinski definition) is 3. The molecule has 122 valence electrons. The summed E-state index contributed by atoms with van der Waals surface area (Å²) < 4.78 is 1.75. The molecule has 0 fully saturated rings. The maximum absolute atomic E-state index is 12.3. The number of benzene rings is 1. The van der Waals surface area contributed by atoms with Crippen LogP contribution in [0.2, 0.25) is 0 Å². The number of hydrogen-bond donors (Lipinski definition) is 1. The molecule has 0 unspecified atom stereocenters. The molecule has 1 amide bonds. The van der Waals surface area contributed by atoms with Gasteiger partial charge in [0.1, 0.15) is 0 Å². The van der Waals surface area contributed by atoms with Gasteiger partial charge < -0.3 is 5.32 Å². The Labute approximate surface area is 140 Å². The number of nitrogens with zero attached hydrogens (tertiary/aromatic N) is 3. The molecule has 2 aromatic heterocycles. The van der Waals surface area contributed by atoms with Gasteiger partial charge in [-0.3, -0.25) is 9.48 Å². The van der Waals surface area contributed by atoms with E-state index in [1.165, 1.54) is 17.5 Å². The van der Waals surface area contributed by atoms with Crippen LogP contribution >= 0.6 is 0 Å². The van der Waals surface area contributed by atoms with E-state index in [1.54, 1.807) is 10.9 Å². The zero-order valence-corrected chi connectivity index (χ0v) is 14.0. The average molecular weight is 320 g/mol. The molecular weight excluding hydrogens is 300 g/mol. The van der Waals surface area contributed by atoms with Crippen molar-refractivity contribution < 1.29 is 4.79 Å². The highest BCUT2D eigenvalue weighted by Crippen LogP contribution is 2.23. The van der Waals surface area contributed by atoms with E-state index < -0.39 is 0 Å². The van der Waals surface area contributed by atoms with Crippen LogP contribution in [0.4, 0.5) is 5.69 Å². The summed E-state index contributed by atoms with van der Waals surface area (Å²) in [6, 6.07) is 8.34. The predicted molar refractivity (Wildman–Crippen MR) is 94.0 cm³/mol. The lowest BCUT2D eigenvalue weighted by atomic mass is 10.0. The molecule has 0 saturated carbocycles. The van der Waals surface area contributed by atoms with Crippen LogP contribution < -0.4 is 5.32 Å². The SMILES string of the molecule is Cc1nn(C)c2ncc(NC(=O)Cc3ccc4c(c3)CCC4)cc12. The molecule has 2 heterocycles. The summed E-state index contributed by atoms with van der Waals surface area (Å²) in [7, 11) is 1.87. The van der Waals surface area contributed by atoms with Gasteiger partial charge in [0.15, 0.2) is 5.65 Å². The standard InChI is InChI=1S/C19H20N4O/c1-12-17-10-16(11-20-19(17)23(2)22-12)21-18(24)9-13-6-7-14-4-3-5-15(14)8-13/h6-8,10-11H,3-5,9H2,1-2H3,(H,21,24). The fourth-order valence-electron chi connectivity index (χ4n) is 3.50. The summed E-state index contributed by atoms with van der Waals surface area (Å²) in [5, 5.41) is 8.27. The first-order valence-electron chi connectivity index (χ1n) is 8.30. The van der Waals surface area contributed by atoms with E-state index in [9.17, 15) is 4.79 Å². The van der Waals surface area contributed by atoms with Crippen LogP contribution in [0, 0.1) is 6.92 Å². The Balaban J connectivity index is 1.50. The smallest absolute Gasteiger partial charge is 0.228 e. The lowest BCUT2D eigenvalue weighted by Crippen LogP contribution is -2.14. The number of amides is 1. The van der Waals surface area contributed by atoms with Gasteiger partial charge in [0.25, 0.3) is 0 Å². The molecule has 3 aromatic rings. The minimum Gasteiger partial charge on any atom is -0.324 e. The van der Waals surface area contributed by atoms with Crippen LogP contribution in [0.25, 0.3) is 11.0 Å². The lowest BCUT2D eigenvalue weighted by molar-refractivity contribution is -0.115. The Kier molecular flexibility index (Phi) is 3.56. The molecule has 0 aliphatic heterocycles. The van der Waals surface area contributed by atoms with Gasteiger partial charge >= 0.3 is 0 Å². The fraction of sp³-hybridized carbons (Fsp3) is 0.316. The third-order valence-corrected chi connectivity index (χ3v) is 4.67. The summed E-state index contributed by atoms with van der Waals surface area (Å²) in [5.41, 5.74) is 6.35. The van der Waals surface area contributed by atoms with Gasteiger partial charge in [-0.1, -0.05) is 18.2 Å². The highest BCUT2D eigenvalue weighted by molar-refractivity contribution is 5.94. The summed E-state index contributed by atoms with van der Waals surface area (Å²) in [4.78, 5) is 16.7. The molecule has 0 bridgehead atoms. The molecule has 0 spiro atoms. The first-order valence-corrected chi connectivity index (χ1v) is 8.30. The minimum absolute atomic E-state index is 0.0179. The zero-order chi connectivity index (χ0) is 16.7. The van der Waals surface area contributed by atoms with Crippen molar-refractivity contribution in [1.29, 1.82) is 0 Å². The van der Waals surface area contributed by atoms with Crippen LogP contribution in [0.15, 0.2) is 30.5 Å². The molecule has 1 aliphatic rings. The molecule has 5 heteroatoms. The number of fused-ring (bicyclic) bond motifs is 2. The van der Waals surface area contributed by atoms with Crippen LogP contribution in [-0.4, -0.2) is 20.7 Å². The zero-order valence-electron chi connectivity index (χ0n) is 14.0. The molecular formula is C19H20N4O. The average Bonchev–Trinajstić information content (AvgIpc) is 3.12. The Morgan fingerprint density at radius 1 is 1.25 bits per heavy atom. The minimum atomic E-state index is -0.0179. The number of carbonyl (C=O) groups is 1. The molecule has 1 N–H and O–H groups in total. The third-order valence-electron chi connectivity index (χ3n) is 4.67. The van der Waals surface area contributed by atoms with Gasteiger partial charge in [-0.15, -0.1) is 0 Å². The molecule has 0 radical (unpaired) electrons. The molecule has 5 nitrogen and oxygen atoms in total. The van der Waals surface area contributed by atoms with Gasteiger partial charge in [-0.2, -0.15) is 5.10 Å². The van der Waals surface area contributed by atoms with Crippen LogP contribution in [0.5, 0.6) is 0 Å². The monoisotopic (exact) mass is 320 g/mol. The normalized spacial score (nSPS) is 13.2. The van der Waals surface area contributed by atoms with E-state index in [2.05, 4.69) is 33.6 Å².